The molecule has 2 aromatic carbocycles. The molecule has 1 atom stereocenters. The molecule has 0 aromatic heterocycles. The first-order chi connectivity index (χ1) is 11.8. The number of carbonyl (C=O) groups excluding carboxylic acids is 1. The van der Waals surface area contributed by atoms with E-state index in [1.54, 1.807) is 6.07 Å². The Balaban J connectivity index is 1.55. The molecule has 0 saturated heterocycles. The fourth-order valence-corrected chi connectivity index (χ4v) is 2.34. The second kappa shape index (κ2) is 7.73. The summed E-state index contributed by atoms with van der Waals surface area (Å²) in [6.07, 6.45) is 1.46. The maximum atomic E-state index is 12.3. The van der Waals surface area contributed by atoms with E-state index in [1.165, 1.54) is 0 Å². The lowest BCUT2D eigenvalue weighted by atomic mass is 10.2. The predicted octanol–water partition coefficient (Wildman–Crippen LogP) is 3.64. The van der Waals surface area contributed by atoms with E-state index in [-0.39, 0.29) is 12.5 Å². The lowest BCUT2D eigenvalue weighted by Crippen LogP contribution is -2.40. The smallest absolute Gasteiger partial charge is 0.269 e. The van der Waals surface area contributed by atoms with Crippen LogP contribution in [0.15, 0.2) is 48.5 Å². The van der Waals surface area contributed by atoms with Gasteiger partial charge in [-0.3, -0.25) is 4.79 Å². The van der Waals surface area contributed by atoms with E-state index >= 15 is 0 Å². The number of carbonyl (C=O) groups is 1. The van der Waals surface area contributed by atoms with Crippen molar-refractivity contribution in [3.05, 3.63) is 48.5 Å². The molecule has 0 bridgehead atoms. The van der Waals surface area contributed by atoms with E-state index in [0.29, 0.717) is 23.8 Å². The molecule has 3 rings (SSSR count). The summed E-state index contributed by atoms with van der Waals surface area (Å²) in [4.78, 5) is 12.3. The summed E-state index contributed by atoms with van der Waals surface area (Å²) < 4.78 is 16.9. The normalized spacial score (nSPS) is 15.6. The third-order valence-corrected chi connectivity index (χ3v) is 3.69. The summed E-state index contributed by atoms with van der Waals surface area (Å²) in [5, 5.41) is 2.84. The summed E-state index contributed by atoms with van der Waals surface area (Å²) in [5.41, 5.74) is 0.699. The van der Waals surface area contributed by atoms with Crippen LogP contribution in [0.2, 0.25) is 0 Å². The van der Waals surface area contributed by atoms with Crippen LogP contribution in [0.25, 0.3) is 0 Å². The number of hydrogen-bond acceptors (Lipinski definition) is 4. The van der Waals surface area contributed by atoms with E-state index in [0.717, 1.165) is 18.6 Å². The van der Waals surface area contributed by atoms with Gasteiger partial charge in [0.1, 0.15) is 12.4 Å². The van der Waals surface area contributed by atoms with Crippen molar-refractivity contribution in [2.75, 3.05) is 18.5 Å². The van der Waals surface area contributed by atoms with Crippen molar-refractivity contribution in [3.63, 3.8) is 0 Å². The van der Waals surface area contributed by atoms with Gasteiger partial charge in [-0.2, -0.15) is 0 Å². The summed E-state index contributed by atoms with van der Waals surface area (Å²) in [7, 11) is 0. The zero-order chi connectivity index (χ0) is 16.8. The Labute approximate surface area is 141 Å². The van der Waals surface area contributed by atoms with Gasteiger partial charge in [0, 0.05) is 5.69 Å². The van der Waals surface area contributed by atoms with Gasteiger partial charge in [0.05, 0.1) is 6.61 Å². The maximum absolute atomic E-state index is 12.3. The number of para-hydroxylation sites is 2. The first kappa shape index (κ1) is 16.2. The molecule has 0 saturated carbocycles. The minimum atomic E-state index is -0.666. The van der Waals surface area contributed by atoms with E-state index in [4.69, 9.17) is 14.2 Å². The van der Waals surface area contributed by atoms with Gasteiger partial charge < -0.3 is 19.5 Å². The Bertz CT molecular complexity index is 684. The van der Waals surface area contributed by atoms with Gasteiger partial charge >= 0.3 is 0 Å². The predicted molar refractivity (Wildman–Crippen MR) is 91.8 cm³/mol. The molecule has 0 aliphatic carbocycles. The molecule has 5 heteroatoms. The Hall–Kier alpha value is -2.69. The molecule has 0 radical (unpaired) electrons. The van der Waals surface area contributed by atoms with Crippen molar-refractivity contribution in [1.29, 1.82) is 0 Å². The highest BCUT2D eigenvalue weighted by molar-refractivity contribution is 5.94. The molecule has 1 aliphatic heterocycles. The number of hydrogen-bond donors (Lipinski definition) is 1. The van der Waals surface area contributed by atoms with E-state index in [1.807, 2.05) is 42.5 Å². The molecule has 1 heterocycles. The second-order valence-electron chi connectivity index (χ2n) is 5.58. The fraction of sp³-hybridized carbons (Fsp3) is 0.316. The van der Waals surface area contributed by atoms with E-state index in [2.05, 4.69) is 12.2 Å². The van der Waals surface area contributed by atoms with E-state index in [9.17, 15) is 4.79 Å². The lowest BCUT2D eigenvalue weighted by Gasteiger charge is -2.25. The minimum Gasteiger partial charge on any atom is -0.494 e. The Kier molecular flexibility index (Phi) is 5.21. The van der Waals surface area contributed by atoms with Crippen LogP contribution in [0.4, 0.5) is 5.69 Å². The molecule has 1 aliphatic rings. The van der Waals surface area contributed by atoms with Gasteiger partial charge in [-0.15, -0.1) is 0 Å². The van der Waals surface area contributed by atoms with Crippen LogP contribution in [-0.4, -0.2) is 25.2 Å². The molecule has 0 unspecified atom stereocenters. The summed E-state index contributed by atoms with van der Waals surface area (Å²) >= 11 is 0. The van der Waals surface area contributed by atoms with Gasteiger partial charge in [0.25, 0.3) is 5.91 Å². The third-order valence-electron chi connectivity index (χ3n) is 3.69. The summed E-state index contributed by atoms with van der Waals surface area (Å²) in [6, 6.07) is 14.6. The Morgan fingerprint density at radius 3 is 2.67 bits per heavy atom. The van der Waals surface area contributed by atoms with Crippen molar-refractivity contribution in [2.24, 2.45) is 0 Å². The van der Waals surface area contributed by atoms with Crippen LogP contribution in [0.1, 0.15) is 19.8 Å². The van der Waals surface area contributed by atoms with Gasteiger partial charge in [-0.25, -0.2) is 0 Å². The van der Waals surface area contributed by atoms with Crippen molar-refractivity contribution < 1.29 is 19.0 Å². The molecule has 24 heavy (non-hydrogen) atoms. The highest BCUT2D eigenvalue weighted by atomic mass is 16.6. The number of unbranched alkanes of at least 4 members (excludes halogenated alkanes) is 1. The Morgan fingerprint density at radius 1 is 1.17 bits per heavy atom. The average Bonchev–Trinajstić information content (AvgIpc) is 2.63. The fourth-order valence-electron chi connectivity index (χ4n) is 2.34. The SMILES string of the molecule is CCCCOc1ccc(NC(=O)[C@H]2COc3ccccc3O2)cc1. The topological polar surface area (TPSA) is 56.8 Å². The summed E-state index contributed by atoms with van der Waals surface area (Å²) in [6.45, 7) is 3.02. The first-order valence-electron chi connectivity index (χ1n) is 8.18. The monoisotopic (exact) mass is 327 g/mol. The molecule has 126 valence electrons. The largest absolute Gasteiger partial charge is 0.494 e. The van der Waals surface area contributed by atoms with Crippen LogP contribution >= 0.6 is 0 Å². The molecule has 0 spiro atoms. The Morgan fingerprint density at radius 2 is 1.92 bits per heavy atom. The molecule has 1 amide bonds. The number of nitrogens with one attached hydrogen (secondary N) is 1. The van der Waals surface area contributed by atoms with Gasteiger partial charge in [-0.1, -0.05) is 25.5 Å². The standard InChI is InChI=1S/C19H21NO4/c1-2-3-12-22-15-10-8-14(9-11-15)20-19(21)18-13-23-16-6-4-5-7-17(16)24-18/h4-11,18H,2-3,12-13H2,1H3,(H,20,21)/t18-/m1/s1. The molecule has 1 N–H and O–H groups in total. The second-order valence-corrected chi connectivity index (χ2v) is 5.58. The zero-order valence-corrected chi connectivity index (χ0v) is 13.7. The van der Waals surface area contributed by atoms with Crippen LogP contribution in [-0.2, 0) is 4.79 Å². The number of ether oxygens (including phenoxy) is 3. The van der Waals surface area contributed by atoms with E-state index < -0.39 is 6.10 Å². The zero-order valence-electron chi connectivity index (χ0n) is 13.7. The number of benzene rings is 2. The van der Waals surface area contributed by atoms with Crippen LogP contribution < -0.4 is 19.5 Å². The van der Waals surface area contributed by atoms with Gasteiger partial charge in [0.15, 0.2) is 11.5 Å². The molecule has 5 nitrogen and oxygen atoms in total. The number of rotatable bonds is 6. The highest BCUT2D eigenvalue weighted by Gasteiger charge is 2.27. The molecule has 0 fully saturated rings. The van der Waals surface area contributed by atoms with Crippen molar-refractivity contribution in [2.45, 2.75) is 25.9 Å². The third kappa shape index (κ3) is 3.98. The maximum Gasteiger partial charge on any atom is 0.269 e. The van der Waals surface area contributed by atoms with Crippen molar-refractivity contribution in [3.8, 4) is 17.2 Å². The molecule has 2 aromatic rings. The highest BCUT2D eigenvalue weighted by Crippen LogP contribution is 2.31. The number of fused-ring (bicyclic) bond motifs is 1. The van der Waals surface area contributed by atoms with Crippen molar-refractivity contribution >= 4 is 11.6 Å². The van der Waals surface area contributed by atoms with Crippen LogP contribution in [0, 0.1) is 0 Å². The average molecular weight is 327 g/mol. The van der Waals surface area contributed by atoms with Crippen LogP contribution in [0.3, 0.4) is 0 Å². The number of amides is 1. The van der Waals surface area contributed by atoms with Gasteiger partial charge in [-0.05, 0) is 42.8 Å². The quantitative estimate of drug-likeness (QED) is 0.823. The number of anilines is 1. The summed E-state index contributed by atoms with van der Waals surface area (Å²) in [5.74, 6) is 1.82. The first-order valence-corrected chi connectivity index (χ1v) is 8.18. The molecular formula is C19H21NO4. The molecular weight excluding hydrogens is 306 g/mol. The minimum absolute atomic E-state index is 0.195. The van der Waals surface area contributed by atoms with Gasteiger partial charge in [0.2, 0.25) is 6.10 Å². The van der Waals surface area contributed by atoms with Crippen LogP contribution in [0.5, 0.6) is 17.2 Å². The van der Waals surface area contributed by atoms with Crippen molar-refractivity contribution in [1.82, 2.24) is 0 Å². The lowest BCUT2D eigenvalue weighted by molar-refractivity contribution is -0.125.